The maximum absolute atomic E-state index is 12.9. The van der Waals surface area contributed by atoms with Crippen LogP contribution in [-0.4, -0.2) is 72.6 Å². The van der Waals surface area contributed by atoms with Crippen molar-refractivity contribution in [2.75, 3.05) is 45.9 Å². The van der Waals surface area contributed by atoms with Gasteiger partial charge in [0.1, 0.15) is 18.5 Å². The Morgan fingerprint density at radius 2 is 1.85 bits per heavy atom. The third kappa shape index (κ3) is 5.21. The van der Waals surface area contributed by atoms with E-state index in [1.807, 2.05) is 37.3 Å². The van der Waals surface area contributed by atoms with Gasteiger partial charge in [0.2, 0.25) is 0 Å². The third-order valence-electron chi connectivity index (χ3n) is 6.07. The smallest absolute Gasteiger partial charge is 0.340 e. The number of esters is 1. The van der Waals surface area contributed by atoms with E-state index >= 15 is 0 Å². The number of rotatable bonds is 8. The van der Waals surface area contributed by atoms with E-state index in [2.05, 4.69) is 33.8 Å². The second kappa shape index (κ2) is 10.4. The number of carbonyl (C=O) groups is 1. The minimum absolute atomic E-state index is 0.196. The van der Waals surface area contributed by atoms with Gasteiger partial charge in [0.15, 0.2) is 0 Å². The number of β-amino-alcohol motifs (C(OH)–C–C–N with tert-alkyl or cyclic N) is 1. The number of carbonyl (C=O) groups excluding carboxylic acids is 1. The molecule has 1 unspecified atom stereocenters. The lowest BCUT2D eigenvalue weighted by Crippen LogP contribution is -2.47. The number of fused-ring (bicyclic) bond motifs is 1. The Morgan fingerprint density at radius 1 is 1.12 bits per heavy atom. The van der Waals surface area contributed by atoms with Crippen LogP contribution >= 0.6 is 0 Å². The standard InChI is InChI=1S/C26H33N3O4/c1-4-32-26(31)25-19(3)29(20-7-5-18(2)6-8-20)24-10-9-22(15-23(24)25)33-17-21(30)16-28-13-11-27-12-14-28/h5-10,15,21,27,30H,4,11-14,16-17H2,1-3H3. The largest absolute Gasteiger partial charge is 0.491 e. The predicted molar refractivity (Wildman–Crippen MR) is 130 cm³/mol. The van der Waals surface area contributed by atoms with E-state index in [1.54, 1.807) is 6.92 Å². The van der Waals surface area contributed by atoms with Gasteiger partial charge in [0.25, 0.3) is 0 Å². The Bertz CT molecular complexity index is 1100. The zero-order valence-corrected chi connectivity index (χ0v) is 19.6. The summed E-state index contributed by atoms with van der Waals surface area (Å²) in [6, 6.07) is 13.9. The highest BCUT2D eigenvalue weighted by molar-refractivity contribution is 6.07. The molecule has 7 heteroatoms. The van der Waals surface area contributed by atoms with E-state index < -0.39 is 6.10 Å². The fourth-order valence-electron chi connectivity index (χ4n) is 4.41. The monoisotopic (exact) mass is 451 g/mol. The number of aromatic nitrogens is 1. The molecule has 176 valence electrons. The van der Waals surface area contributed by atoms with E-state index in [0.29, 0.717) is 24.5 Å². The minimum Gasteiger partial charge on any atom is -0.491 e. The number of hydrogen-bond donors (Lipinski definition) is 2. The molecule has 0 amide bonds. The minimum atomic E-state index is -0.581. The molecule has 1 saturated heterocycles. The maximum atomic E-state index is 12.9. The number of nitrogens with one attached hydrogen (secondary N) is 1. The predicted octanol–water partition coefficient (Wildman–Crippen LogP) is 3.07. The van der Waals surface area contributed by atoms with Crippen molar-refractivity contribution < 1.29 is 19.4 Å². The Morgan fingerprint density at radius 3 is 2.55 bits per heavy atom. The molecule has 4 rings (SSSR count). The first-order chi connectivity index (χ1) is 16.0. The van der Waals surface area contributed by atoms with Crippen molar-refractivity contribution >= 4 is 16.9 Å². The Kier molecular flexibility index (Phi) is 7.33. The average molecular weight is 452 g/mol. The number of aliphatic hydroxyl groups is 1. The van der Waals surface area contributed by atoms with E-state index in [-0.39, 0.29) is 12.6 Å². The van der Waals surface area contributed by atoms with E-state index in [1.165, 1.54) is 5.56 Å². The number of hydrogen-bond acceptors (Lipinski definition) is 6. The molecule has 1 atom stereocenters. The molecule has 2 heterocycles. The van der Waals surface area contributed by atoms with Crippen molar-refractivity contribution in [3.8, 4) is 11.4 Å². The van der Waals surface area contributed by atoms with Gasteiger partial charge < -0.3 is 24.5 Å². The van der Waals surface area contributed by atoms with Gasteiger partial charge in [-0.3, -0.25) is 4.90 Å². The zero-order chi connectivity index (χ0) is 23.4. The van der Waals surface area contributed by atoms with Crippen LogP contribution in [0.15, 0.2) is 42.5 Å². The molecule has 2 N–H and O–H groups in total. The first-order valence-corrected chi connectivity index (χ1v) is 11.6. The molecule has 1 aliphatic rings. The van der Waals surface area contributed by atoms with Crippen LogP contribution < -0.4 is 10.1 Å². The summed E-state index contributed by atoms with van der Waals surface area (Å²) >= 11 is 0. The molecule has 1 aliphatic heterocycles. The summed E-state index contributed by atoms with van der Waals surface area (Å²) in [6.07, 6.45) is -0.581. The van der Waals surface area contributed by atoms with E-state index in [4.69, 9.17) is 9.47 Å². The quantitative estimate of drug-likeness (QED) is 0.513. The Balaban J connectivity index is 1.61. The van der Waals surface area contributed by atoms with Crippen molar-refractivity contribution in [2.45, 2.75) is 26.9 Å². The lowest BCUT2D eigenvalue weighted by atomic mass is 10.1. The van der Waals surface area contributed by atoms with Crippen LogP contribution in [0.2, 0.25) is 0 Å². The van der Waals surface area contributed by atoms with Crippen LogP contribution in [0.25, 0.3) is 16.6 Å². The molecule has 2 aromatic carbocycles. The first kappa shape index (κ1) is 23.3. The molecule has 33 heavy (non-hydrogen) atoms. The molecule has 0 spiro atoms. The summed E-state index contributed by atoms with van der Waals surface area (Å²) in [4.78, 5) is 15.1. The van der Waals surface area contributed by atoms with Gasteiger partial charge in [-0.25, -0.2) is 4.79 Å². The van der Waals surface area contributed by atoms with Crippen LogP contribution in [0, 0.1) is 13.8 Å². The number of aliphatic hydroxyl groups excluding tert-OH is 1. The molecule has 0 saturated carbocycles. The van der Waals surface area contributed by atoms with Crippen LogP contribution in [0.3, 0.4) is 0 Å². The Hall–Kier alpha value is -2.87. The summed E-state index contributed by atoms with van der Waals surface area (Å²) in [7, 11) is 0. The van der Waals surface area contributed by atoms with Gasteiger partial charge in [-0.15, -0.1) is 0 Å². The molecule has 7 nitrogen and oxygen atoms in total. The van der Waals surface area contributed by atoms with Gasteiger partial charge >= 0.3 is 5.97 Å². The molecule has 0 radical (unpaired) electrons. The lowest BCUT2D eigenvalue weighted by Gasteiger charge is -2.29. The SMILES string of the molecule is CCOC(=O)c1c(C)n(-c2ccc(C)cc2)c2ccc(OCC(O)CN3CCNCC3)cc12. The molecular formula is C26H33N3O4. The number of aryl methyl sites for hydroxylation is 1. The number of benzene rings is 2. The van der Waals surface area contributed by atoms with E-state index in [0.717, 1.165) is 48.5 Å². The van der Waals surface area contributed by atoms with Gasteiger partial charge in [-0.05, 0) is 51.1 Å². The van der Waals surface area contributed by atoms with Crippen molar-refractivity contribution in [1.29, 1.82) is 0 Å². The lowest BCUT2D eigenvalue weighted by molar-refractivity contribution is 0.0527. The molecule has 0 bridgehead atoms. The maximum Gasteiger partial charge on any atom is 0.340 e. The van der Waals surface area contributed by atoms with Gasteiger partial charge in [0.05, 0.1) is 17.7 Å². The molecule has 1 aromatic heterocycles. The van der Waals surface area contributed by atoms with Gasteiger partial charge in [-0.2, -0.15) is 0 Å². The number of nitrogens with zero attached hydrogens (tertiary/aromatic N) is 2. The number of piperazine rings is 1. The van der Waals surface area contributed by atoms with Crippen LogP contribution in [-0.2, 0) is 4.74 Å². The van der Waals surface area contributed by atoms with Crippen LogP contribution in [0.5, 0.6) is 5.75 Å². The normalized spacial score (nSPS) is 15.5. The molecule has 0 aliphatic carbocycles. The zero-order valence-electron chi connectivity index (χ0n) is 19.6. The summed E-state index contributed by atoms with van der Waals surface area (Å²) in [5.74, 6) is 0.273. The second-order valence-electron chi connectivity index (χ2n) is 8.55. The van der Waals surface area contributed by atoms with Gasteiger partial charge in [-0.1, -0.05) is 17.7 Å². The second-order valence-corrected chi connectivity index (χ2v) is 8.55. The fourth-order valence-corrected chi connectivity index (χ4v) is 4.41. The topological polar surface area (TPSA) is 76.0 Å². The van der Waals surface area contributed by atoms with E-state index in [9.17, 15) is 9.90 Å². The average Bonchev–Trinajstić information content (AvgIpc) is 3.10. The first-order valence-electron chi connectivity index (χ1n) is 11.6. The van der Waals surface area contributed by atoms with Crippen molar-refractivity contribution in [1.82, 2.24) is 14.8 Å². The fraction of sp³-hybridized carbons (Fsp3) is 0.423. The molecular weight excluding hydrogens is 418 g/mol. The third-order valence-corrected chi connectivity index (χ3v) is 6.07. The highest BCUT2D eigenvalue weighted by Gasteiger charge is 2.23. The molecule has 3 aromatic rings. The molecule has 1 fully saturated rings. The number of ether oxygens (including phenoxy) is 2. The van der Waals surface area contributed by atoms with Gasteiger partial charge in [0, 0.05) is 49.5 Å². The summed E-state index contributed by atoms with van der Waals surface area (Å²) in [6.45, 7) is 10.6. The van der Waals surface area contributed by atoms with Crippen LogP contribution in [0.1, 0.15) is 28.5 Å². The highest BCUT2D eigenvalue weighted by atomic mass is 16.5. The van der Waals surface area contributed by atoms with Crippen molar-refractivity contribution in [3.63, 3.8) is 0 Å². The van der Waals surface area contributed by atoms with Crippen molar-refractivity contribution in [2.24, 2.45) is 0 Å². The van der Waals surface area contributed by atoms with Crippen LogP contribution in [0.4, 0.5) is 0 Å². The summed E-state index contributed by atoms with van der Waals surface area (Å²) in [5.41, 5.74) is 4.43. The summed E-state index contributed by atoms with van der Waals surface area (Å²) < 4.78 is 13.4. The summed E-state index contributed by atoms with van der Waals surface area (Å²) in [5, 5.41) is 14.5. The highest BCUT2D eigenvalue weighted by Crippen LogP contribution is 2.32. The van der Waals surface area contributed by atoms with Crippen molar-refractivity contribution in [3.05, 3.63) is 59.3 Å². The Labute approximate surface area is 194 Å².